The monoisotopic (exact) mass is 378 g/mol. The van der Waals surface area contributed by atoms with Crippen molar-refractivity contribution in [3.8, 4) is 18.1 Å². The topological polar surface area (TPSA) is 58.6 Å². The zero-order valence-corrected chi connectivity index (χ0v) is 16.8. The molecule has 0 atom stereocenters. The molecule has 0 aromatic heterocycles. The first kappa shape index (κ1) is 21.0. The van der Waals surface area contributed by atoms with Crippen LogP contribution in [0.5, 0.6) is 5.75 Å². The van der Waals surface area contributed by atoms with Gasteiger partial charge in [-0.05, 0) is 62.4 Å². The molecule has 0 aliphatic rings. The first-order chi connectivity index (χ1) is 13.3. The highest BCUT2D eigenvalue weighted by atomic mass is 16.5. The normalized spacial score (nSPS) is 10.7. The van der Waals surface area contributed by atoms with Gasteiger partial charge in [-0.25, -0.2) is 0 Å². The summed E-state index contributed by atoms with van der Waals surface area (Å²) in [4.78, 5) is 26.7. The summed E-state index contributed by atoms with van der Waals surface area (Å²) in [6.07, 6.45) is 6.08. The maximum Gasteiger partial charge on any atom is 0.303 e. The number of nitrogens with zero attached hydrogens (tertiary/aromatic N) is 1. The van der Waals surface area contributed by atoms with Gasteiger partial charge in [0.1, 0.15) is 11.3 Å². The molecule has 0 bridgehead atoms. The summed E-state index contributed by atoms with van der Waals surface area (Å²) in [7, 11) is 1.58. The minimum absolute atomic E-state index is 0.277. The zero-order valence-electron chi connectivity index (χ0n) is 16.8. The summed E-state index contributed by atoms with van der Waals surface area (Å²) >= 11 is 0. The number of anilines is 1. The molecule has 0 saturated carbocycles. The van der Waals surface area contributed by atoms with E-state index in [0.29, 0.717) is 24.4 Å². The average Bonchev–Trinajstić information content (AvgIpc) is 2.68. The van der Waals surface area contributed by atoms with E-state index in [0.717, 1.165) is 11.1 Å². The highest BCUT2D eigenvalue weighted by Crippen LogP contribution is 2.29. The van der Waals surface area contributed by atoms with Gasteiger partial charge < -0.3 is 10.1 Å². The van der Waals surface area contributed by atoms with E-state index in [1.54, 1.807) is 39.2 Å². The number of hydrogen-bond acceptors (Lipinski definition) is 3. The fourth-order valence-corrected chi connectivity index (χ4v) is 3.04. The van der Waals surface area contributed by atoms with E-state index in [2.05, 4.69) is 11.2 Å². The minimum atomic E-state index is -1.17. The van der Waals surface area contributed by atoms with Gasteiger partial charge >= 0.3 is 5.91 Å². The fraction of sp³-hybridized carbons (Fsp3) is 0.304. The van der Waals surface area contributed by atoms with Crippen molar-refractivity contribution in [3.05, 3.63) is 59.7 Å². The molecule has 0 heterocycles. The van der Waals surface area contributed by atoms with Crippen LogP contribution >= 0.6 is 0 Å². The smallest absolute Gasteiger partial charge is 0.303 e. The SMILES string of the molecule is C#CC(=O)N(c1ccc(OC)c(C)c1)C(C)(C)C(=O)NCCc1ccccc1. The van der Waals surface area contributed by atoms with Gasteiger partial charge in [-0.3, -0.25) is 14.5 Å². The van der Waals surface area contributed by atoms with Gasteiger partial charge in [0.15, 0.2) is 0 Å². The third-order valence-corrected chi connectivity index (χ3v) is 4.62. The molecule has 0 aliphatic heterocycles. The lowest BCUT2D eigenvalue weighted by Crippen LogP contribution is -2.57. The average molecular weight is 378 g/mol. The second-order valence-corrected chi connectivity index (χ2v) is 6.99. The van der Waals surface area contributed by atoms with Crippen molar-refractivity contribution < 1.29 is 14.3 Å². The quantitative estimate of drug-likeness (QED) is 0.753. The molecule has 0 fully saturated rings. The van der Waals surface area contributed by atoms with Crippen LogP contribution in [0.2, 0.25) is 0 Å². The molecular formula is C23H26N2O3. The highest BCUT2D eigenvalue weighted by molar-refractivity contribution is 6.10. The van der Waals surface area contributed by atoms with Crippen LogP contribution < -0.4 is 15.0 Å². The third-order valence-electron chi connectivity index (χ3n) is 4.62. The standard InChI is InChI=1S/C23H26N2O3/c1-6-21(26)25(19-12-13-20(28-5)17(2)16-19)23(3,4)22(27)24-15-14-18-10-8-7-9-11-18/h1,7-13,16H,14-15H2,2-5H3,(H,24,27). The Morgan fingerprint density at radius 3 is 2.43 bits per heavy atom. The minimum Gasteiger partial charge on any atom is -0.496 e. The predicted octanol–water partition coefficient (Wildman–Crippen LogP) is 3.11. The second kappa shape index (κ2) is 9.09. The largest absolute Gasteiger partial charge is 0.496 e. The number of amides is 2. The second-order valence-electron chi connectivity index (χ2n) is 6.99. The maximum atomic E-state index is 12.9. The van der Waals surface area contributed by atoms with E-state index in [1.165, 1.54) is 4.90 Å². The maximum absolute atomic E-state index is 12.9. The van der Waals surface area contributed by atoms with Crippen LogP contribution in [-0.2, 0) is 16.0 Å². The van der Waals surface area contributed by atoms with Crippen LogP contribution in [0, 0.1) is 19.3 Å². The van der Waals surface area contributed by atoms with Crippen LogP contribution in [0.25, 0.3) is 0 Å². The van der Waals surface area contributed by atoms with E-state index in [4.69, 9.17) is 11.2 Å². The van der Waals surface area contributed by atoms with Crippen LogP contribution in [0.4, 0.5) is 5.69 Å². The Hall–Kier alpha value is -3.26. The number of hydrogen-bond donors (Lipinski definition) is 1. The molecule has 146 valence electrons. The molecule has 28 heavy (non-hydrogen) atoms. The number of aryl methyl sites for hydroxylation is 1. The Balaban J connectivity index is 2.21. The predicted molar refractivity (Wildman–Crippen MR) is 111 cm³/mol. The lowest BCUT2D eigenvalue weighted by atomic mass is 9.99. The zero-order chi connectivity index (χ0) is 20.7. The van der Waals surface area contributed by atoms with Crippen LogP contribution in [0.3, 0.4) is 0 Å². The lowest BCUT2D eigenvalue weighted by Gasteiger charge is -2.36. The Bertz CT molecular complexity index is 882. The van der Waals surface area contributed by atoms with E-state index >= 15 is 0 Å². The summed E-state index contributed by atoms with van der Waals surface area (Å²) in [5, 5.41) is 2.91. The molecule has 0 spiro atoms. The number of nitrogens with one attached hydrogen (secondary N) is 1. The number of carbonyl (C=O) groups excluding carboxylic acids is 2. The summed E-state index contributed by atoms with van der Waals surface area (Å²) in [5.74, 6) is 1.97. The highest BCUT2D eigenvalue weighted by Gasteiger charge is 2.38. The molecule has 2 aromatic rings. The van der Waals surface area contributed by atoms with Gasteiger partial charge in [0.05, 0.1) is 7.11 Å². The molecule has 2 rings (SSSR count). The number of carbonyl (C=O) groups is 2. The first-order valence-corrected chi connectivity index (χ1v) is 9.09. The van der Waals surface area contributed by atoms with Gasteiger partial charge in [-0.2, -0.15) is 0 Å². The van der Waals surface area contributed by atoms with Crippen LogP contribution in [-0.4, -0.2) is 31.0 Å². The van der Waals surface area contributed by atoms with Crippen LogP contribution in [0.15, 0.2) is 48.5 Å². The van der Waals surface area contributed by atoms with Crippen molar-refractivity contribution in [2.45, 2.75) is 32.7 Å². The van der Waals surface area contributed by atoms with Crippen LogP contribution in [0.1, 0.15) is 25.0 Å². The van der Waals surface area contributed by atoms with Gasteiger partial charge in [0.25, 0.3) is 0 Å². The van der Waals surface area contributed by atoms with Crippen molar-refractivity contribution in [1.82, 2.24) is 5.32 Å². The van der Waals surface area contributed by atoms with Crippen molar-refractivity contribution in [3.63, 3.8) is 0 Å². The summed E-state index contributed by atoms with van der Waals surface area (Å²) in [6.45, 7) is 5.69. The molecule has 0 aliphatic carbocycles. The fourth-order valence-electron chi connectivity index (χ4n) is 3.04. The molecule has 0 unspecified atom stereocenters. The van der Waals surface area contributed by atoms with E-state index in [-0.39, 0.29) is 5.91 Å². The summed E-state index contributed by atoms with van der Waals surface area (Å²) < 4.78 is 5.27. The molecular weight excluding hydrogens is 352 g/mol. The number of benzene rings is 2. The number of terminal acetylenes is 1. The van der Waals surface area contributed by atoms with Gasteiger partial charge in [-0.15, -0.1) is 6.42 Å². The molecule has 2 aromatic carbocycles. The first-order valence-electron chi connectivity index (χ1n) is 9.09. The molecule has 1 N–H and O–H groups in total. The van der Waals surface area contributed by atoms with Crippen molar-refractivity contribution in [2.75, 3.05) is 18.6 Å². The number of ether oxygens (including phenoxy) is 1. The molecule has 5 nitrogen and oxygen atoms in total. The molecule has 0 radical (unpaired) electrons. The van der Waals surface area contributed by atoms with Gasteiger partial charge in [0, 0.05) is 12.2 Å². The Morgan fingerprint density at radius 1 is 1.18 bits per heavy atom. The van der Waals surface area contributed by atoms with E-state index < -0.39 is 11.4 Å². The van der Waals surface area contributed by atoms with E-state index in [9.17, 15) is 9.59 Å². The molecule has 0 saturated heterocycles. The lowest BCUT2D eigenvalue weighted by molar-refractivity contribution is -0.128. The van der Waals surface area contributed by atoms with Crippen molar-refractivity contribution in [2.24, 2.45) is 0 Å². The number of rotatable bonds is 7. The Labute approximate surface area is 166 Å². The Morgan fingerprint density at radius 2 is 1.86 bits per heavy atom. The Kier molecular flexibility index (Phi) is 6.84. The summed E-state index contributed by atoms with van der Waals surface area (Å²) in [6, 6.07) is 15.1. The van der Waals surface area contributed by atoms with Crippen molar-refractivity contribution >= 4 is 17.5 Å². The van der Waals surface area contributed by atoms with E-state index in [1.807, 2.05) is 37.3 Å². The summed E-state index contributed by atoms with van der Waals surface area (Å²) in [5.41, 5.74) is 1.35. The third kappa shape index (κ3) is 4.72. The molecule has 2 amide bonds. The molecule has 5 heteroatoms. The van der Waals surface area contributed by atoms with Gasteiger partial charge in [0.2, 0.25) is 5.91 Å². The van der Waals surface area contributed by atoms with Crippen molar-refractivity contribution in [1.29, 1.82) is 0 Å². The van der Waals surface area contributed by atoms with Gasteiger partial charge in [-0.1, -0.05) is 30.3 Å². The number of methoxy groups -OCH3 is 1.